The van der Waals surface area contributed by atoms with Gasteiger partial charge in [-0.15, -0.1) is 0 Å². The summed E-state index contributed by atoms with van der Waals surface area (Å²) >= 11 is 0. The number of ether oxygens (including phenoxy) is 2. The highest BCUT2D eigenvalue weighted by atomic mass is 16.5. The highest BCUT2D eigenvalue weighted by Crippen LogP contribution is 2.64. The molecule has 1 aromatic rings. The summed E-state index contributed by atoms with van der Waals surface area (Å²) in [5.74, 6) is 0.337. The van der Waals surface area contributed by atoms with Crippen molar-refractivity contribution >= 4 is 14.0 Å². The minimum absolute atomic E-state index is 0.102. The number of piperidine rings is 1. The largest absolute Gasteiger partial charge is 0.461 e. The highest BCUT2D eigenvalue weighted by Gasteiger charge is 2.71. The minimum Gasteiger partial charge on any atom is -0.461 e. The molecule has 2 heterocycles. The van der Waals surface area contributed by atoms with Gasteiger partial charge in [-0.3, -0.25) is 4.79 Å². The normalized spacial score (nSPS) is 37.0. The number of esters is 1. The molecule has 5 heteroatoms. The van der Waals surface area contributed by atoms with Crippen LogP contribution in [0.15, 0.2) is 30.3 Å². The molecule has 0 amide bonds. The van der Waals surface area contributed by atoms with Crippen LogP contribution < -0.4 is 0 Å². The van der Waals surface area contributed by atoms with Crippen molar-refractivity contribution in [1.29, 1.82) is 0 Å². The van der Waals surface area contributed by atoms with Crippen LogP contribution >= 0.6 is 0 Å². The molecule has 2 bridgehead atoms. The molecule has 1 aromatic carbocycles. The van der Waals surface area contributed by atoms with Gasteiger partial charge in [0.2, 0.25) is 0 Å². The van der Waals surface area contributed by atoms with E-state index in [1.807, 2.05) is 35.1 Å². The lowest BCUT2D eigenvalue weighted by atomic mass is 9.88. The van der Waals surface area contributed by atoms with Gasteiger partial charge in [-0.1, -0.05) is 30.3 Å². The van der Waals surface area contributed by atoms with Crippen LogP contribution in [0.25, 0.3) is 0 Å². The molecule has 108 valence electrons. The van der Waals surface area contributed by atoms with Crippen LogP contribution in [0.2, 0.25) is 0 Å². The fourth-order valence-electron chi connectivity index (χ4n) is 4.01. The summed E-state index contributed by atoms with van der Waals surface area (Å²) in [5.41, 5.74) is 0.909. The fraction of sp³-hybridized carbons (Fsp3) is 0.562. The molecule has 4 nitrogen and oxygen atoms in total. The Bertz CT molecular complexity index is 546. The quantitative estimate of drug-likeness (QED) is 0.616. The summed E-state index contributed by atoms with van der Waals surface area (Å²) in [5, 5.41) is 0. The van der Waals surface area contributed by atoms with Gasteiger partial charge in [0, 0.05) is 11.5 Å². The summed E-state index contributed by atoms with van der Waals surface area (Å²) in [4.78, 5) is 14.0. The number of nitrogens with zero attached hydrogens (tertiary/aromatic N) is 1. The zero-order valence-corrected chi connectivity index (χ0v) is 11.9. The Morgan fingerprint density at radius 2 is 2.24 bits per heavy atom. The van der Waals surface area contributed by atoms with E-state index in [4.69, 9.17) is 17.5 Å². The van der Waals surface area contributed by atoms with Crippen molar-refractivity contribution in [3.05, 3.63) is 35.9 Å². The first kappa shape index (κ1) is 13.3. The molecule has 4 rings (SSSR count). The molecule has 3 unspecified atom stereocenters. The van der Waals surface area contributed by atoms with Crippen molar-refractivity contribution in [2.24, 2.45) is 11.3 Å². The molecule has 1 saturated carbocycles. The number of hydrogen-bond donors (Lipinski definition) is 0. The second-order valence-corrected chi connectivity index (χ2v) is 6.48. The first-order valence-corrected chi connectivity index (χ1v) is 7.51. The Labute approximate surface area is 125 Å². The molecule has 2 radical (unpaired) electrons. The predicted molar refractivity (Wildman–Crippen MR) is 77.4 cm³/mol. The van der Waals surface area contributed by atoms with Gasteiger partial charge in [-0.25, -0.2) is 0 Å². The summed E-state index contributed by atoms with van der Waals surface area (Å²) in [6, 6.07) is 10.1. The van der Waals surface area contributed by atoms with Crippen molar-refractivity contribution < 1.29 is 14.3 Å². The van der Waals surface area contributed by atoms with Crippen molar-refractivity contribution in [1.82, 2.24) is 4.81 Å². The van der Waals surface area contributed by atoms with Crippen molar-refractivity contribution in [2.75, 3.05) is 13.2 Å². The van der Waals surface area contributed by atoms with Gasteiger partial charge in [0.15, 0.2) is 7.98 Å². The van der Waals surface area contributed by atoms with E-state index in [9.17, 15) is 4.79 Å². The third kappa shape index (κ3) is 2.19. The van der Waals surface area contributed by atoms with E-state index in [1.165, 1.54) is 0 Å². The first-order chi connectivity index (χ1) is 10.2. The van der Waals surface area contributed by atoms with Gasteiger partial charge in [0.1, 0.15) is 6.61 Å². The van der Waals surface area contributed by atoms with Gasteiger partial charge in [0.25, 0.3) is 0 Å². The van der Waals surface area contributed by atoms with Crippen LogP contribution in [-0.2, 0) is 20.9 Å². The molecule has 0 N–H and O–H groups in total. The number of carbonyl (C=O) groups is 1. The lowest BCUT2D eigenvalue weighted by Crippen LogP contribution is -2.44. The van der Waals surface area contributed by atoms with Gasteiger partial charge >= 0.3 is 5.97 Å². The molecular weight excluding hydrogens is 265 g/mol. The Morgan fingerprint density at radius 1 is 1.43 bits per heavy atom. The van der Waals surface area contributed by atoms with Crippen LogP contribution in [0.5, 0.6) is 0 Å². The molecule has 21 heavy (non-hydrogen) atoms. The van der Waals surface area contributed by atoms with E-state index >= 15 is 0 Å². The average Bonchev–Trinajstić information content (AvgIpc) is 3.16. The van der Waals surface area contributed by atoms with Crippen LogP contribution in [0.4, 0.5) is 0 Å². The fourth-order valence-corrected chi connectivity index (χ4v) is 4.01. The molecule has 4 atom stereocenters. The molecule has 0 spiro atoms. The van der Waals surface area contributed by atoms with Crippen LogP contribution in [0.3, 0.4) is 0 Å². The second-order valence-electron chi connectivity index (χ2n) is 6.48. The van der Waals surface area contributed by atoms with Crippen LogP contribution in [0.1, 0.15) is 18.4 Å². The summed E-state index contributed by atoms with van der Waals surface area (Å²) in [7, 11) is 6.06. The van der Waals surface area contributed by atoms with Gasteiger partial charge < -0.3 is 14.3 Å². The van der Waals surface area contributed by atoms with Gasteiger partial charge in [-0.2, -0.15) is 0 Å². The van der Waals surface area contributed by atoms with Gasteiger partial charge in [-0.05, 0) is 24.4 Å². The first-order valence-electron chi connectivity index (χ1n) is 7.51. The highest BCUT2D eigenvalue weighted by molar-refractivity contribution is 6.04. The summed E-state index contributed by atoms with van der Waals surface area (Å²) in [6.07, 6.45) is 1.66. The lowest BCUT2D eigenvalue weighted by Gasteiger charge is -2.35. The smallest absolute Gasteiger partial charge is 0.306 e. The van der Waals surface area contributed by atoms with Crippen LogP contribution in [0, 0.1) is 11.3 Å². The number of fused-ring (bicyclic) bond motifs is 2. The molecular formula is C16H18BNO3. The molecule has 2 saturated heterocycles. The standard InChI is InChI=1S/C16H18BNO3/c17-18-10-16(13-6-12(18)9-21-15(13)16)7-14(19)20-8-11-4-2-1-3-5-11/h1-5,12-13,15H,6-10H2/t12?,13?,15?,16-/m1/s1. The molecule has 0 aromatic heterocycles. The number of hydrogen-bond acceptors (Lipinski definition) is 4. The summed E-state index contributed by atoms with van der Waals surface area (Å²) in [6.45, 7) is 1.77. The Balaban J connectivity index is 1.37. The number of carbonyl (C=O) groups excluding carboxylic acids is 1. The monoisotopic (exact) mass is 283 g/mol. The predicted octanol–water partition coefficient (Wildman–Crippen LogP) is 1.29. The molecule has 3 aliphatic rings. The Kier molecular flexibility index (Phi) is 3.08. The van der Waals surface area contributed by atoms with E-state index < -0.39 is 0 Å². The van der Waals surface area contributed by atoms with E-state index in [2.05, 4.69) is 0 Å². The maximum Gasteiger partial charge on any atom is 0.306 e. The van der Waals surface area contributed by atoms with Gasteiger partial charge in [0.05, 0.1) is 19.1 Å². The molecule has 1 aliphatic carbocycles. The van der Waals surface area contributed by atoms with Crippen molar-refractivity contribution in [2.45, 2.75) is 31.6 Å². The van der Waals surface area contributed by atoms with E-state index in [1.54, 1.807) is 0 Å². The zero-order chi connectivity index (χ0) is 14.4. The molecule has 3 fully saturated rings. The Hall–Kier alpha value is -1.33. The van der Waals surface area contributed by atoms with E-state index in [0.29, 0.717) is 31.6 Å². The van der Waals surface area contributed by atoms with E-state index in [-0.39, 0.29) is 17.5 Å². The zero-order valence-electron chi connectivity index (χ0n) is 11.9. The average molecular weight is 283 g/mol. The summed E-state index contributed by atoms with van der Waals surface area (Å²) < 4.78 is 11.3. The number of benzene rings is 1. The third-order valence-electron chi connectivity index (χ3n) is 5.22. The third-order valence-corrected chi connectivity index (χ3v) is 5.22. The number of rotatable bonds is 4. The SMILES string of the molecule is [B]N1C[C@]2(CC(=O)OCc3ccccc3)C3CC1COC32. The maximum absolute atomic E-state index is 12.2. The minimum atomic E-state index is -0.149. The topological polar surface area (TPSA) is 38.8 Å². The maximum atomic E-state index is 12.2. The Morgan fingerprint density at radius 3 is 3.05 bits per heavy atom. The molecule has 2 aliphatic heterocycles. The van der Waals surface area contributed by atoms with E-state index in [0.717, 1.165) is 18.5 Å². The van der Waals surface area contributed by atoms with Crippen LogP contribution in [-0.4, -0.2) is 44.1 Å². The van der Waals surface area contributed by atoms with Crippen molar-refractivity contribution in [3.8, 4) is 0 Å². The lowest BCUT2D eigenvalue weighted by molar-refractivity contribution is -0.147. The van der Waals surface area contributed by atoms with Crippen molar-refractivity contribution in [3.63, 3.8) is 0 Å². The second kappa shape index (κ2) is 4.85.